The number of rotatable bonds is 4. The fourth-order valence-corrected chi connectivity index (χ4v) is 0.832. The van der Waals surface area contributed by atoms with Crippen LogP contribution in [0.15, 0.2) is 18.6 Å². The molecule has 0 radical (unpaired) electrons. The molecule has 0 aliphatic heterocycles. The molecular weight excluding hydrogens is 140 g/mol. The van der Waals surface area contributed by atoms with Gasteiger partial charge in [0.15, 0.2) is 0 Å². The summed E-state index contributed by atoms with van der Waals surface area (Å²) in [6.07, 6.45) is 6.52. The molecule has 0 spiro atoms. The second-order valence-electron chi connectivity index (χ2n) is 2.26. The summed E-state index contributed by atoms with van der Waals surface area (Å²) in [5.74, 6) is 0. The van der Waals surface area contributed by atoms with E-state index in [9.17, 15) is 4.79 Å². The summed E-state index contributed by atoms with van der Waals surface area (Å²) in [7, 11) is 0. The number of nitrogens with zero attached hydrogens (tertiary/aromatic N) is 2. The number of carbonyl (C=O) groups is 1. The summed E-state index contributed by atoms with van der Waals surface area (Å²) in [6.45, 7) is 0. The van der Waals surface area contributed by atoms with Crippen molar-refractivity contribution in [3.63, 3.8) is 0 Å². The van der Waals surface area contributed by atoms with E-state index in [4.69, 9.17) is 0 Å². The summed E-state index contributed by atoms with van der Waals surface area (Å²) in [6, 6.07) is 1.87. The number of unbranched alkanes of at least 4 members (excludes halogenated alkanes) is 1. The van der Waals surface area contributed by atoms with Crippen molar-refractivity contribution in [2.24, 2.45) is 0 Å². The zero-order valence-electron chi connectivity index (χ0n) is 6.23. The Labute approximate surface area is 65.5 Å². The summed E-state index contributed by atoms with van der Waals surface area (Å²) < 4.78 is 0. The minimum Gasteiger partial charge on any atom is -0.303 e. The second kappa shape index (κ2) is 4.55. The Morgan fingerprint density at radius 2 is 2.45 bits per heavy atom. The second-order valence-corrected chi connectivity index (χ2v) is 2.26. The van der Waals surface area contributed by atoms with E-state index < -0.39 is 0 Å². The van der Waals surface area contributed by atoms with Crippen LogP contribution in [0.1, 0.15) is 18.5 Å². The molecule has 0 saturated heterocycles. The summed E-state index contributed by atoms with van der Waals surface area (Å²) in [5.41, 5.74) is 1.00. The number of hydrogen-bond acceptors (Lipinski definition) is 3. The van der Waals surface area contributed by atoms with Crippen LogP contribution in [0.3, 0.4) is 0 Å². The van der Waals surface area contributed by atoms with Gasteiger partial charge in [0.2, 0.25) is 0 Å². The maximum atomic E-state index is 9.96. The SMILES string of the molecule is O=CCCCc1ccncn1. The van der Waals surface area contributed by atoms with Gasteiger partial charge in [0, 0.05) is 18.3 Å². The van der Waals surface area contributed by atoms with Gasteiger partial charge in [-0.2, -0.15) is 0 Å². The first-order valence-electron chi connectivity index (χ1n) is 3.62. The Bertz CT molecular complexity index is 211. The van der Waals surface area contributed by atoms with Gasteiger partial charge in [-0.3, -0.25) is 0 Å². The zero-order valence-corrected chi connectivity index (χ0v) is 6.23. The fourth-order valence-electron chi connectivity index (χ4n) is 0.832. The van der Waals surface area contributed by atoms with E-state index in [1.807, 2.05) is 6.07 Å². The van der Waals surface area contributed by atoms with Crippen molar-refractivity contribution in [3.8, 4) is 0 Å². The number of aldehydes is 1. The molecule has 1 aromatic rings. The van der Waals surface area contributed by atoms with E-state index in [0.717, 1.165) is 24.8 Å². The standard InChI is InChI=1S/C8H10N2O/c11-6-2-1-3-8-4-5-9-7-10-8/h4-7H,1-3H2. The van der Waals surface area contributed by atoms with E-state index in [2.05, 4.69) is 9.97 Å². The van der Waals surface area contributed by atoms with Gasteiger partial charge in [-0.1, -0.05) is 0 Å². The molecule has 0 atom stereocenters. The molecule has 1 aromatic heterocycles. The Hall–Kier alpha value is -1.25. The molecular formula is C8H10N2O. The fraction of sp³-hybridized carbons (Fsp3) is 0.375. The van der Waals surface area contributed by atoms with Crippen molar-refractivity contribution in [2.75, 3.05) is 0 Å². The van der Waals surface area contributed by atoms with Gasteiger partial charge in [0.05, 0.1) is 0 Å². The van der Waals surface area contributed by atoms with Gasteiger partial charge in [-0.05, 0) is 18.9 Å². The van der Waals surface area contributed by atoms with Crippen LogP contribution in [0.25, 0.3) is 0 Å². The molecule has 3 nitrogen and oxygen atoms in total. The lowest BCUT2D eigenvalue weighted by Crippen LogP contribution is -1.90. The molecule has 3 heteroatoms. The Morgan fingerprint density at radius 3 is 3.09 bits per heavy atom. The number of carbonyl (C=O) groups excluding carboxylic acids is 1. The maximum Gasteiger partial charge on any atom is 0.120 e. The van der Waals surface area contributed by atoms with Crippen LogP contribution in [0.4, 0.5) is 0 Å². The van der Waals surface area contributed by atoms with Crippen molar-refractivity contribution < 1.29 is 4.79 Å². The monoisotopic (exact) mass is 150 g/mol. The first-order valence-corrected chi connectivity index (χ1v) is 3.62. The first-order chi connectivity index (χ1) is 5.43. The van der Waals surface area contributed by atoms with E-state index in [0.29, 0.717) is 6.42 Å². The molecule has 0 saturated carbocycles. The zero-order chi connectivity index (χ0) is 7.94. The quantitative estimate of drug-likeness (QED) is 0.475. The third kappa shape index (κ3) is 2.89. The number of hydrogen-bond donors (Lipinski definition) is 0. The van der Waals surface area contributed by atoms with Crippen LogP contribution in [-0.4, -0.2) is 16.3 Å². The van der Waals surface area contributed by atoms with Gasteiger partial charge < -0.3 is 4.79 Å². The molecule has 0 N–H and O–H groups in total. The Morgan fingerprint density at radius 1 is 1.55 bits per heavy atom. The molecule has 1 heterocycles. The van der Waals surface area contributed by atoms with Crippen LogP contribution in [0.2, 0.25) is 0 Å². The molecule has 1 rings (SSSR count). The third-order valence-electron chi connectivity index (χ3n) is 1.40. The molecule has 0 aromatic carbocycles. The lowest BCUT2D eigenvalue weighted by atomic mass is 10.2. The van der Waals surface area contributed by atoms with Crippen molar-refractivity contribution >= 4 is 6.29 Å². The van der Waals surface area contributed by atoms with E-state index in [1.165, 1.54) is 6.33 Å². The van der Waals surface area contributed by atoms with Crippen molar-refractivity contribution in [1.29, 1.82) is 0 Å². The highest BCUT2D eigenvalue weighted by molar-refractivity contribution is 5.49. The maximum absolute atomic E-state index is 9.96. The molecule has 0 aliphatic rings. The van der Waals surface area contributed by atoms with E-state index in [-0.39, 0.29) is 0 Å². The van der Waals surface area contributed by atoms with Crippen LogP contribution in [0.5, 0.6) is 0 Å². The normalized spacial score (nSPS) is 9.45. The van der Waals surface area contributed by atoms with Gasteiger partial charge in [0.1, 0.15) is 12.6 Å². The molecule has 0 unspecified atom stereocenters. The van der Waals surface area contributed by atoms with Crippen LogP contribution >= 0.6 is 0 Å². The lowest BCUT2D eigenvalue weighted by Gasteiger charge is -1.94. The predicted molar refractivity (Wildman–Crippen MR) is 41.0 cm³/mol. The Balaban J connectivity index is 2.33. The average molecular weight is 150 g/mol. The minimum atomic E-state index is 0.615. The number of aromatic nitrogens is 2. The van der Waals surface area contributed by atoms with Gasteiger partial charge >= 0.3 is 0 Å². The van der Waals surface area contributed by atoms with Gasteiger partial charge in [-0.25, -0.2) is 9.97 Å². The van der Waals surface area contributed by atoms with Crippen molar-refractivity contribution in [1.82, 2.24) is 9.97 Å². The largest absolute Gasteiger partial charge is 0.303 e. The van der Waals surface area contributed by atoms with Crippen LogP contribution < -0.4 is 0 Å². The first kappa shape index (κ1) is 7.85. The molecule has 0 fully saturated rings. The molecule has 0 amide bonds. The lowest BCUT2D eigenvalue weighted by molar-refractivity contribution is -0.107. The van der Waals surface area contributed by atoms with Crippen LogP contribution in [-0.2, 0) is 11.2 Å². The highest BCUT2D eigenvalue weighted by atomic mass is 16.1. The van der Waals surface area contributed by atoms with Gasteiger partial charge in [0.25, 0.3) is 0 Å². The van der Waals surface area contributed by atoms with Crippen molar-refractivity contribution in [3.05, 3.63) is 24.3 Å². The summed E-state index contributed by atoms with van der Waals surface area (Å²) >= 11 is 0. The minimum absolute atomic E-state index is 0.615. The molecule has 0 bridgehead atoms. The average Bonchev–Trinajstić information content (AvgIpc) is 2.07. The highest BCUT2D eigenvalue weighted by Crippen LogP contribution is 1.97. The molecule has 11 heavy (non-hydrogen) atoms. The topological polar surface area (TPSA) is 42.9 Å². The summed E-state index contributed by atoms with van der Waals surface area (Å²) in [4.78, 5) is 17.8. The smallest absolute Gasteiger partial charge is 0.120 e. The van der Waals surface area contributed by atoms with Crippen molar-refractivity contribution in [2.45, 2.75) is 19.3 Å². The highest BCUT2D eigenvalue weighted by Gasteiger charge is 1.91. The predicted octanol–water partition coefficient (Wildman–Crippen LogP) is 0.998. The van der Waals surface area contributed by atoms with E-state index >= 15 is 0 Å². The summed E-state index contributed by atoms with van der Waals surface area (Å²) in [5, 5.41) is 0. The van der Waals surface area contributed by atoms with E-state index in [1.54, 1.807) is 6.20 Å². The third-order valence-corrected chi connectivity index (χ3v) is 1.40. The van der Waals surface area contributed by atoms with Crippen LogP contribution in [0, 0.1) is 0 Å². The molecule has 58 valence electrons. The Kier molecular flexibility index (Phi) is 3.25. The van der Waals surface area contributed by atoms with Gasteiger partial charge in [-0.15, -0.1) is 0 Å². The molecule has 0 aliphatic carbocycles. The number of aryl methyl sites for hydroxylation is 1.